The number of hydrogen-bond donors (Lipinski definition) is 2. The molecule has 3 aromatic rings. The van der Waals surface area contributed by atoms with Crippen molar-refractivity contribution < 1.29 is 14.3 Å². The van der Waals surface area contributed by atoms with E-state index in [1.165, 1.54) is 11.9 Å². The minimum Gasteiger partial charge on any atom is -0.497 e. The number of carbonyl (C=O) groups excluding carboxylic acids is 2. The van der Waals surface area contributed by atoms with Gasteiger partial charge in [0.15, 0.2) is 0 Å². The second kappa shape index (κ2) is 5.26. The molecule has 1 atom stereocenters. The average molecular weight is 323 g/mol. The van der Waals surface area contributed by atoms with Crippen molar-refractivity contribution in [3.8, 4) is 17.1 Å². The van der Waals surface area contributed by atoms with Gasteiger partial charge in [-0.25, -0.2) is 0 Å². The van der Waals surface area contributed by atoms with Gasteiger partial charge in [-0.05, 0) is 30.3 Å². The summed E-state index contributed by atoms with van der Waals surface area (Å²) in [6.07, 6.45) is 2.02. The highest BCUT2D eigenvalue weighted by Gasteiger charge is 2.40. The summed E-state index contributed by atoms with van der Waals surface area (Å²) < 4.78 is 5.33. The van der Waals surface area contributed by atoms with Crippen LogP contribution in [0.4, 0.5) is 0 Å². The molecule has 4 rings (SSSR count). The fourth-order valence-corrected chi connectivity index (χ4v) is 3.36. The van der Waals surface area contributed by atoms with Gasteiger partial charge in [0.05, 0.1) is 24.4 Å². The molecule has 0 bridgehead atoms. The molecule has 24 heavy (non-hydrogen) atoms. The van der Waals surface area contributed by atoms with E-state index in [0.29, 0.717) is 5.75 Å². The molecule has 1 saturated heterocycles. The fraction of sp³-hybridized carbons (Fsp3) is 0.222. The number of fused-ring (bicyclic) bond motifs is 1. The van der Waals surface area contributed by atoms with Gasteiger partial charge < -0.3 is 14.7 Å². The third kappa shape index (κ3) is 2.03. The Kier molecular flexibility index (Phi) is 3.19. The first-order chi connectivity index (χ1) is 11.6. The molecule has 6 nitrogen and oxygen atoms in total. The second-order valence-corrected chi connectivity index (χ2v) is 5.96. The number of rotatable bonds is 3. The first-order valence-electron chi connectivity index (χ1n) is 7.74. The van der Waals surface area contributed by atoms with Crippen LogP contribution in [0, 0.1) is 0 Å². The van der Waals surface area contributed by atoms with Crippen LogP contribution in [0.1, 0.15) is 17.9 Å². The number of H-pyrrole nitrogens is 2. The molecule has 122 valence electrons. The van der Waals surface area contributed by atoms with Crippen LogP contribution in [0.15, 0.2) is 36.5 Å². The van der Waals surface area contributed by atoms with Gasteiger partial charge in [0.2, 0.25) is 11.8 Å². The Balaban J connectivity index is 1.98. The van der Waals surface area contributed by atoms with Crippen LogP contribution in [0.25, 0.3) is 22.3 Å². The summed E-state index contributed by atoms with van der Waals surface area (Å²) in [6.45, 7) is 0. The van der Waals surface area contributed by atoms with E-state index in [0.717, 1.165) is 27.9 Å². The molecule has 1 aromatic carbocycles. The lowest BCUT2D eigenvalue weighted by Crippen LogP contribution is -2.25. The molecule has 3 heterocycles. The van der Waals surface area contributed by atoms with Crippen molar-refractivity contribution in [2.24, 2.45) is 0 Å². The van der Waals surface area contributed by atoms with Gasteiger partial charge in [-0.15, -0.1) is 0 Å². The number of amides is 2. The minimum absolute atomic E-state index is 0.153. The number of benzene rings is 1. The minimum atomic E-state index is -0.485. The Hall–Kier alpha value is -3.02. The second-order valence-electron chi connectivity index (χ2n) is 5.96. The van der Waals surface area contributed by atoms with Crippen molar-refractivity contribution in [1.82, 2.24) is 14.9 Å². The summed E-state index contributed by atoms with van der Waals surface area (Å²) in [5, 5.41) is 0.903. The Bertz CT molecular complexity index is 940. The van der Waals surface area contributed by atoms with Crippen molar-refractivity contribution in [2.75, 3.05) is 14.2 Å². The van der Waals surface area contributed by atoms with Crippen LogP contribution >= 0.6 is 0 Å². The fourth-order valence-electron chi connectivity index (χ4n) is 3.36. The normalized spacial score (nSPS) is 17.9. The summed E-state index contributed by atoms with van der Waals surface area (Å²) in [7, 11) is 3.14. The quantitative estimate of drug-likeness (QED) is 0.727. The molecule has 0 radical (unpaired) electrons. The molecular formula is C18H17N3O3. The molecule has 2 aromatic heterocycles. The van der Waals surface area contributed by atoms with Gasteiger partial charge in [0.25, 0.3) is 0 Å². The number of aromatic nitrogens is 2. The monoisotopic (exact) mass is 323 g/mol. The molecule has 0 saturated carbocycles. The molecule has 2 N–H and O–H groups in total. The molecule has 0 spiro atoms. The zero-order valence-electron chi connectivity index (χ0n) is 13.4. The number of likely N-dealkylation sites (tertiary alicyclic amines) is 1. The van der Waals surface area contributed by atoms with Crippen LogP contribution < -0.4 is 4.74 Å². The lowest BCUT2D eigenvalue weighted by Gasteiger charge is -2.11. The summed E-state index contributed by atoms with van der Waals surface area (Å²) in [4.78, 5) is 32.4. The number of hydrogen-bond acceptors (Lipinski definition) is 3. The number of ether oxygens (including phenoxy) is 1. The van der Waals surface area contributed by atoms with Gasteiger partial charge >= 0.3 is 0 Å². The number of likely N-dealkylation sites (N-methyl/N-ethyl adjacent to an activating group) is 1. The highest BCUT2D eigenvalue weighted by Crippen LogP contribution is 2.41. The Morgan fingerprint density at radius 3 is 2.71 bits per heavy atom. The topological polar surface area (TPSA) is 78.2 Å². The van der Waals surface area contributed by atoms with E-state index in [1.807, 2.05) is 36.5 Å². The zero-order valence-corrected chi connectivity index (χ0v) is 13.4. The van der Waals surface area contributed by atoms with E-state index in [2.05, 4.69) is 9.97 Å². The van der Waals surface area contributed by atoms with E-state index >= 15 is 0 Å². The van der Waals surface area contributed by atoms with E-state index in [4.69, 9.17) is 4.74 Å². The molecular weight excluding hydrogens is 306 g/mol. The first kappa shape index (κ1) is 14.6. The van der Waals surface area contributed by atoms with Crippen molar-refractivity contribution in [2.45, 2.75) is 12.3 Å². The van der Waals surface area contributed by atoms with E-state index < -0.39 is 5.92 Å². The molecule has 1 unspecified atom stereocenters. The van der Waals surface area contributed by atoms with E-state index in [-0.39, 0.29) is 18.2 Å². The highest BCUT2D eigenvalue weighted by molar-refractivity contribution is 6.09. The number of methoxy groups -OCH3 is 1. The number of carbonyl (C=O) groups is 2. The Morgan fingerprint density at radius 1 is 1.25 bits per heavy atom. The first-order valence-corrected chi connectivity index (χ1v) is 7.74. The number of aromatic amines is 2. The molecule has 1 aliphatic heterocycles. The average Bonchev–Trinajstić information content (AvgIpc) is 3.29. The number of imide groups is 1. The lowest BCUT2D eigenvalue weighted by molar-refractivity contribution is -0.137. The van der Waals surface area contributed by atoms with E-state index in [9.17, 15) is 9.59 Å². The zero-order chi connectivity index (χ0) is 16.8. The van der Waals surface area contributed by atoms with Crippen molar-refractivity contribution in [3.63, 3.8) is 0 Å². The standard InChI is InChI=1S/C18H17N3O3/c1-21-15(22)9-12(18(21)23)16-11-8-10(24-2)5-6-13(11)20-17(16)14-4-3-7-19-14/h3-8,12,19-20H,9H2,1-2H3. The largest absolute Gasteiger partial charge is 0.497 e. The summed E-state index contributed by atoms with van der Waals surface area (Å²) >= 11 is 0. The van der Waals surface area contributed by atoms with Crippen LogP contribution in [0.2, 0.25) is 0 Å². The SMILES string of the molecule is COc1ccc2[nH]c(-c3ccc[nH]3)c(C3CC(=O)N(C)C3=O)c2c1. The number of nitrogens with one attached hydrogen (secondary N) is 2. The van der Waals surface area contributed by atoms with Crippen molar-refractivity contribution in [1.29, 1.82) is 0 Å². The van der Waals surface area contributed by atoms with Crippen LogP contribution in [0.5, 0.6) is 5.75 Å². The van der Waals surface area contributed by atoms with Gasteiger partial charge in [-0.2, -0.15) is 0 Å². The smallest absolute Gasteiger partial charge is 0.237 e. The lowest BCUT2D eigenvalue weighted by atomic mass is 9.93. The third-order valence-corrected chi connectivity index (χ3v) is 4.64. The maximum absolute atomic E-state index is 12.6. The molecule has 6 heteroatoms. The third-order valence-electron chi connectivity index (χ3n) is 4.64. The Labute approximate surface area is 138 Å². The maximum Gasteiger partial charge on any atom is 0.237 e. The summed E-state index contributed by atoms with van der Waals surface area (Å²) in [6, 6.07) is 9.54. The summed E-state index contributed by atoms with van der Waals surface area (Å²) in [5.41, 5.74) is 3.47. The van der Waals surface area contributed by atoms with E-state index in [1.54, 1.807) is 7.11 Å². The highest BCUT2D eigenvalue weighted by atomic mass is 16.5. The predicted octanol–water partition coefficient (Wildman–Crippen LogP) is 2.64. The molecule has 2 amide bonds. The van der Waals surface area contributed by atoms with Crippen molar-refractivity contribution >= 4 is 22.7 Å². The molecule has 1 aliphatic rings. The van der Waals surface area contributed by atoms with Crippen molar-refractivity contribution in [3.05, 3.63) is 42.1 Å². The molecule has 0 aliphatic carbocycles. The summed E-state index contributed by atoms with van der Waals surface area (Å²) in [5.74, 6) is -0.0937. The predicted molar refractivity (Wildman–Crippen MR) is 89.8 cm³/mol. The van der Waals surface area contributed by atoms with Gasteiger partial charge in [-0.3, -0.25) is 14.5 Å². The number of nitrogens with zero attached hydrogens (tertiary/aromatic N) is 1. The van der Waals surface area contributed by atoms with Crippen LogP contribution in [0.3, 0.4) is 0 Å². The molecule has 1 fully saturated rings. The van der Waals surface area contributed by atoms with Gasteiger partial charge in [0, 0.05) is 36.1 Å². The van der Waals surface area contributed by atoms with Crippen LogP contribution in [-0.2, 0) is 9.59 Å². The Morgan fingerprint density at radius 2 is 2.08 bits per heavy atom. The van der Waals surface area contributed by atoms with Gasteiger partial charge in [-0.1, -0.05) is 0 Å². The van der Waals surface area contributed by atoms with Crippen LogP contribution in [-0.4, -0.2) is 40.8 Å². The maximum atomic E-state index is 12.6. The van der Waals surface area contributed by atoms with Gasteiger partial charge in [0.1, 0.15) is 5.75 Å².